The lowest BCUT2D eigenvalue weighted by Gasteiger charge is -2.10. The highest BCUT2D eigenvalue weighted by Gasteiger charge is 2.08. The van der Waals surface area contributed by atoms with Crippen LogP contribution in [0.25, 0.3) is 0 Å². The molecule has 0 unspecified atom stereocenters. The fraction of sp³-hybridized carbons (Fsp3) is 0.625. The van der Waals surface area contributed by atoms with E-state index in [-0.39, 0.29) is 5.75 Å². The molecule has 1 aromatic carbocycles. The molecule has 0 saturated heterocycles. The van der Waals surface area contributed by atoms with Crippen LogP contribution in [0.15, 0.2) is 16.6 Å². The summed E-state index contributed by atoms with van der Waals surface area (Å²) in [5.41, 5.74) is 1.11. The Kier molecular flexibility index (Phi) is 8.70. The van der Waals surface area contributed by atoms with E-state index in [0.717, 1.165) is 18.7 Å². The van der Waals surface area contributed by atoms with Crippen molar-refractivity contribution in [2.75, 3.05) is 13.7 Å². The average Bonchev–Trinajstić information content (AvgIpc) is 2.45. The lowest BCUT2D eigenvalue weighted by Crippen LogP contribution is -2.14. The molecule has 114 valence electrons. The first-order chi connectivity index (χ1) is 9.69. The number of benzene rings is 1. The Labute approximate surface area is 130 Å². The van der Waals surface area contributed by atoms with Crippen molar-refractivity contribution in [3.63, 3.8) is 0 Å². The van der Waals surface area contributed by atoms with E-state index in [4.69, 9.17) is 4.74 Å². The molecule has 0 atom stereocenters. The molecule has 0 saturated carbocycles. The van der Waals surface area contributed by atoms with Crippen LogP contribution < -0.4 is 10.1 Å². The maximum absolute atomic E-state index is 9.74. The molecule has 0 aromatic heterocycles. The van der Waals surface area contributed by atoms with Crippen LogP contribution in [0.1, 0.15) is 51.0 Å². The van der Waals surface area contributed by atoms with Gasteiger partial charge in [-0.15, -0.1) is 0 Å². The maximum atomic E-state index is 9.74. The summed E-state index contributed by atoms with van der Waals surface area (Å²) in [6.07, 6.45) is 7.88. The summed E-state index contributed by atoms with van der Waals surface area (Å²) in [6, 6.07) is 3.79. The van der Waals surface area contributed by atoms with Crippen LogP contribution in [0.5, 0.6) is 11.5 Å². The Hall–Kier alpha value is -0.740. The van der Waals surface area contributed by atoms with E-state index in [1.807, 2.05) is 12.1 Å². The predicted molar refractivity (Wildman–Crippen MR) is 87.4 cm³/mol. The third-order valence-corrected chi connectivity index (χ3v) is 3.95. The topological polar surface area (TPSA) is 41.5 Å². The highest BCUT2D eigenvalue weighted by Crippen LogP contribution is 2.35. The monoisotopic (exact) mass is 343 g/mol. The van der Waals surface area contributed by atoms with Gasteiger partial charge in [0.25, 0.3) is 0 Å². The summed E-state index contributed by atoms with van der Waals surface area (Å²) in [6.45, 7) is 4.07. The Morgan fingerprint density at radius 2 is 1.85 bits per heavy atom. The lowest BCUT2D eigenvalue weighted by atomic mass is 10.1. The molecule has 0 aliphatic carbocycles. The van der Waals surface area contributed by atoms with Crippen LogP contribution in [0, 0.1) is 0 Å². The van der Waals surface area contributed by atoms with E-state index in [2.05, 4.69) is 28.2 Å². The molecule has 3 nitrogen and oxygen atoms in total. The van der Waals surface area contributed by atoms with Gasteiger partial charge in [0, 0.05) is 6.54 Å². The van der Waals surface area contributed by atoms with Gasteiger partial charge in [-0.3, -0.25) is 0 Å². The van der Waals surface area contributed by atoms with E-state index < -0.39 is 0 Å². The third kappa shape index (κ3) is 6.14. The normalized spacial score (nSPS) is 10.8. The Morgan fingerprint density at radius 1 is 1.15 bits per heavy atom. The van der Waals surface area contributed by atoms with E-state index in [0.29, 0.717) is 10.2 Å². The number of ether oxygens (including phenoxy) is 1. The number of methoxy groups -OCH3 is 1. The van der Waals surface area contributed by atoms with Gasteiger partial charge in [0.1, 0.15) is 0 Å². The van der Waals surface area contributed by atoms with Gasteiger partial charge >= 0.3 is 0 Å². The summed E-state index contributed by atoms with van der Waals surface area (Å²) in [7, 11) is 1.56. The molecule has 2 N–H and O–H groups in total. The van der Waals surface area contributed by atoms with E-state index in [9.17, 15) is 5.11 Å². The lowest BCUT2D eigenvalue weighted by molar-refractivity contribution is 0.371. The number of halogens is 1. The first-order valence-corrected chi connectivity index (χ1v) is 8.24. The molecule has 0 bridgehead atoms. The zero-order valence-electron chi connectivity index (χ0n) is 12.5. The van der Waals surface area contributed by atoms with Gasteiger partial charge in [0.05, 0.1) is 11.6 Å². The second-order valence-electron chi connectivity index (χ2n) is 5.07. The van der Waals surface area contributed by atoms with E-state index in [1.165, 1.54) is 38.5 Å². The molecule has 4 heteroatoms. The number of unbranched alkanes of at least 4 members (excludes halogenated alkanes) is 5. The first kappa shape index (κ1) is 17.3. The third-order valence-electron chi connectivity index (χ3n) is 3.34. The van der Waals surface area contributed by atoms with Gasteiger partial charge in [-0.25, -0.2) is 0 Å². The second-order valence-corrected chi connectivity index (χ2v) is 5.93. The van der Waals surface area contributed by atoms with Gasteiger partial charge in [-0.2, -0.15) is 0 Å². The number of aromatic hydroxyl groups is 1. The molecule has 0 radical (unpaired) electrons. The van der Waals surface area contributed by atoms with Crippen molar-refractivity contribution in [1.29, 1.82) is 0 Å². The van der Waals surface area contributed by atoms with Crippen LogP contribution in [0.4, 0.5) is 0 Å². The minimum atomic E-state index is 0.159. The smallest absolute Gasteiger partial charge is 0.172 e. The molecular formula is C16H26BrNO2. The Morgan fingerprint density at radius 3 is 2.55 bits per heavy atom. The SMILES string of the molecule is CCCCCCCCNCc1cc(Br)c(O)c(OC)c1. The van der Waals surface area contributed by atoms with Gasteiger partial charge in [0.15, 0.2) is 11.5 Å². The zero-order chi connectivity index (χ0) is 14.8. The number of phenols is 1. The van der Waals surface area contributed by atoms with Gasteiger partial charge in [-0.05, 0) is 46.6 Å². The van der Waals surface area contributed by atoms with Crippen molar-refractivity contribution in [2.24, 2.45) is 0 Å². The molecule has 0 heterocycles. The van der Waals surface area contributed by atoms with Crippen LogP contribution in [-0.4, -0.2) is 18.8 Å². The molecule has 20 heavy (non-hydrogen) atoms. The molecule has 0 fully saturated rings. The number of rotatable bonds is 10. The Bertz CT molecular complexity index is 396. The number of nitrogens with one attached hydrogen (secondary N) is 1. The molecule has 0 aliphatic rings. The first-order valence-electron chi connectivity index (χ1n) is 7.45. The molecule has 0 aliphatic heterocycles. The van der Waals surface area contributed by atoms with Crippen molar-refractivity contribution in [3.05, 3.63) is 22.2 Å². The summed E-state index contributed by atoms with van der Waals surface area (Å²) in [5.74, 6) is 0.669. The van der Waals surface area contributed by atoms with Crippen molar-refractivity contribution in [1.82, 2.24) is 5.32 Å². The van der Waals surface area contributed by atoms with Crippen molar-refractivity contribution < 1.29 is 9.84 Å². The second kappa shape index (κ2) is 10.1. The highest BCUT2D eigenvalue weighted by molar-refractivity contribution is 9.10. The van der Waals surface area contributed by atoms with Crippen LogP contribution in [0.3, 0.4) is 0 Å². The Balaban J connectivity index is 2.24. The van der Waals surface area contributed by atoms with Crippen LogP contribution in [-0.2, 0) is 6.54 Å². The largest absolute Gasteiger partial charge is 0.503 e. The minimum absolute atomic E-state index is 0.159. The van der Waals surface area contributed by atoms with E-state index >= 15 is 0 Å². The highest BCUT2D eigenvalue weighted by atomic mass is 79.9. The number of hydrogen-bond donors (Lipinski definition) is 2. The average molecular weight is 344 g/mol. The van der Waals surface area contributed by atoms with Crippen LogP contribution >= 0.6 is 15.9 Å². The number of phenolic OH excluding ortho intramolecular Hbond substituents is 1. The van der Waals surface area contributed by atoms with Crippen LogP contribution in [0.2, 0.25) is 0 Å². The molecule has 0 amide bonds. The molecule has 1 aromatic rings. The molecule has 1 rings (SSSR count). The summed E-state index contributed by atoms with van der Waals surface area (Å²) in [4.78, 5) is 0. The summed E-state index contributed by atoms with van der Waals surface area (Å²) in [5, 5.41) is 13.2. The van der Waals surface area contributed by atoms with Gasteiger partial charge < -0.3 is 15.2 Å². The van der Waals surface area contributed by atoms with E-state index in [1.54, 1.807) is 7.11 Å². The minimum Gasteiger partial charge on any atom is -0.503 e. The molecular weight excluding hydrogens is 318 g/mol. The quantitative estimate of drug-likeness (QED) is 0.609. The summed E-state index contributed by atoms with van der Waals surface area (Å²) < 4.78 is 5.82. The maximum Gasteiger partial charge on any atom is 0.172 e. The fourth-order valence-corrected chi connectivity index (χ4v) is 2.64. The molecule has 0 spiro atoms. The summed E-state index contributed by atoms with van der Waals surface area (Å²) >= 11 is 3.34. The number of hydrogen-bond acceptors (Lipinski definition) is 3. The van der Waals surface area contributed by atoms with Gasteiger partial charge in [-0.1, -0.05) is 39.0 Å². The van der Waals surface area contributed by atoms with Crippen molar-refractivity contribution in [3.8, 4) is 11.5 Å². The standard InChI is InChI=1S/C16H26BrNO2/c1-3-4-5-6-7-8-9-18-12-13-10-14(17)16(19)15(11-13)20-2/h10-11,18-19H,3-9,12H2,1-2H3. The predicted octanol–water partition coefficient (Wildman–Crippen LogP) is 4.61. The fourth-order valence-electron chi connectivity index (χ4n) is 2.15. The van der Waals surface area contributed by atoms with Crippen molar-refractivity contribution >= 4 is 15.9 Å². The van der Waals surface area contributed by atoms with Crippen molar-refractivity contribution in [2.45, 2.75) is 52.0 Å². The van der Waals surface area contributed by atoms with Gasteiger partial charge in [0.2, 0.25) is 0 Å². The zero-order valence-corrected chi connectivity index (χ0v) is 14.1.